The molecule has 0 aromatic heterocycles. The minimum Gasteiger partial charge on any atom is -0.445 e. The molecular formula is C15H23NO3. The molecule has 1 atom stereocenters. The Balaban J connectivity index is 2.25. The summed E-state index contributed by atoms with van der Waals surface area (Å²) in [5, 5.41) is 11.9. The first kappa shape index (κ1) is 15.5. The molecule has 1 aromatic carbocycles. The second kappa shape index (κ2) is 9.39. The highest BCUT2D eigenvalue weighted by atomic mass is 16.5. The van der Waals surface area contributed by atoms with Crippen LogP contribution in [0.25, 0.3) is 0 Å². The van der Waals surface area contributed by atoms with Crippen molar-refractivity contribution < 1.29 is 14.6 Å². The van der Waals surface area contributed by atoms with Gasteiger partial charge >= 0.3 is 6.09 Å². The second-order valence-corrected chi connectivity index (χ2v) is 4.58. The molecule has 0 aliphatic rings. The Labute approximate surface area is 114 Å². The summed E-state index contributed by atoms with van der Waals surface area (Å²) in [4.78, 5) is 11.6. The molecule has 106 valence electrons. The van der Waals surface area contributed by atoms with Crippen LogP contribution in [-0.2, 0) is 11.3 Å². The van der Waals surface area contributed by atoms with Crippen LogP contribution in [-0.4, -0.2) is 23.8 Å². The van der Waals surface area contributed by atoms with Gasteiger partial charge in [0, 0.05) is 0 Å². The molecule has 0 spiro atoms. The Kier molecular flexibility index (Phi) is 7.66. The van der Waals surface area contributed by atoms with E-state index in [9.17, 15) is 9.90 Å². The van der Waals surface area contributed by atoms with Crippen molar-refractivity contribution in [3.63, 3.8) is 0 Å². The summed E-state index contributed by atoms with van der Waals surface area (Å²) >= 11 is 0. The first-order valence-electron chi connectivity index (χ1n) is 6.84. The SMILES string of the molecule is CCCCC[C@@H](CO)NC(=O)OCc1ccccc1. The molecule has 0 unspecified atom stereocenters. The van der Waals surface area contributed by atoms with Crippen LogP contribution >= 0.6 is 0 Å². The zero-order valence-electron chi connectivity index (χ0n) is 11.5. The van der Waals surface area contributed by atoms with Gasteiger partial charge < -0.3 is 15.2 Å². The average molecular weight is 265 g/mol. The molecule has 2 N–H and O–H groups in total. The largest absolute Gasteiger partial charge is 0.445 e. The number of hydrogen-bond donors (Lipinski definition) is 2. The van der Waals surface area contributed by atoms with E-state index in [1.807, 2.05) is 30.3 Å². The van der Waals surface area contributed by atoms with Gasteiger partial charge in [-0.25, -0.2) is 4.79 Å². The minimum absolute atomic E-state index is 0.0514. The molecule has 1 amide bonds. The van der Waals surface area contributed by atoms with Crippen LogP contribution in [0, 0.1) is 0 Å². The van der Waals surface area contributed by atoms with Gasteiger partial charge in [-0.2, -0.15) is 0 Å². The molecular weight excluding hydrogens is 242 g/mol. The number of aliphatic hydroxyl groups excluding tert-OH is 1. The van der Waals surface area contributed by atoms with E-state index in [0.717, 1.165) is 31.2 Å². The predicted molar refractivity (Wildman–Crippen MR) is 74.8 cm³/mol. The average Bonchev–Trinajstić information content (AvgIpc) is 2.45. The molecule has 0 saturated heterocycles. The van der Waals surface area contributed by atoms with Gasteiger partial charge in [0.15, 0.2) is 0 Å². The van der Waals surface area contributed by atoms with Crippen molar-refractivity contribution in [1.82, 2.24) is 5.32 Å². The van der Waals surface area contributed by atoms with Gasteiger partial charge in [-0.3, -0.25) is 0 Å². The maximum absolute atomic E-state index is 11.6. The zero-order valence-corrected chi connectivity index (χ0v) is 11.5. The molecule has 4 nitrogen and oxygen atoms in total. The van der Waals surface area contributed by atoms with Gasteiger partial charge in [0.25, 0.3) is 0 Å². The minimum atomic E-state index is -0.473. The first-order chi connectivity index (χ1) is 9.26. The Bertz CT molecular complexity index is 354. The number of nitrogens with one attached hydrogen (secondary N) is 1. The summed E-state index contributed by atoms with van der Waals surface area (Å²) in [5.74, 6) is 0. The number of carbonyl (C=O) groups is 1. The third kappa shape index (κ3) is 6.82. The summed E-state index contributed by atoms with van der Waals surface area (Å²) in [6.45, 7) is 2.32. The van der Waals surface area contributed by atoms with Crippen LogP contribution in [0.4, 0.5) is 4.79 Å². The molecule has 19 heavy (non-hydrogen) atoms. The van der Waals surface area contributed by atoms with Crippen LogP contribution in [0.3, 0.4) is 0 Å². The summed E-state index contributed by atoms with van der Waals surface area (Å²) < 4.78 is 5.11. The number of benzene rings is 1. The van der Waals surface area contributed by atoms with E-state index in [1.54, 1.807) is 0 Å². The molecule has 0 fully saturated rings. The van der Waals surface area contributed by atoms with Crippen molar-refractivity contribution in [2.75, 3.05) is 6.61 Å². The van der Waals surface area contributed by atoms with Crippen molar-refractivity contribution in [2.45, 2.75) is 45.3 Å². The number of hydrogen-bond acceptors (Lipinski definition) is 3. The van der Waals surface area contributed by atoms with Gasteiger partial charge in [0.2, 0.25) is 0 Å². The van der Waals surface area contributed by atoms with Gasteiger partial charge in [-0.1, -0.05) is 56.5 Å². The summed E-state index contributed by atoms with van der Waals surface area (Å²) in [7, 11) is 0. The highest BCUT2D eigenvalue weighted by Gasteiger charge is 2.11. The van der Waals surface area contributed by atoms with E-state index >= 15 is 0 Å². The number of carbonyl (C=O) groups excluding carboxylic acids is 1. The molecule has 0 aliphatic heterocycles. The number of aliphatic hydroxyl groups is 1. The highest BCUT2D eigenvalue weighted by Crippen LogP contribution is 2.04. The third-order valence-electron chi connectivity index (χ3n) is 2.91. The van der Waals surface area contributed by atoms with Crippen LogP contribution < -0.4 is 5.32 Å². The number of alkyl carbamates (subject to hydrolysis) is 1. The summed E-state index contributed by atoms with van der Waals surface area (Å²) in [6, 6.07) is 9.31. The third-order valence-corrected chi connectivity index (χ3v) is 2.91. The van der Waals surface area contributed by atoms with Gasteiger partial charge in [-0.05, 0) is 12.0 Å². The molecule has 1 aromatic rings. The molecule has 0 radical (unpaired) electrons. The van der Waals surface area contributed by atoms with Crippen molar-refractivity contribution in [1.29, 1.82) is 0 Å². The lowest BCUT2D eigenvalue weighted by Crippen LogP contribution is -2.37. The topological polar surface area (TPSA) is 58.6 Å². The fraction of sp³-hybridized carbons (Fsp3) is 0.533. The Hall–Kier alpha value is -1.55. The monoisotopic (exact) mass is 265 g/mol. The zero-order chi connectivity index (χ0) is 13.9. The predicted octanol–water partition coefficient (Wildman–Crippen LogP) is 2.85. The van der Waals surface area contributed by atoms with E-state index in [2.05, 4.69) is 12.2 Å². The number of unbranched alkanes of at least 4 members (excludes halogenated alkanes) is 2. The summed E-state index contributed by atoms with van der Waals surface area (Å²) in [6.07, 6.45) is 3.54. The lowest BCUT2D eigenvalue weighted by Gasteiger charge is -2.16. The smallest absolute Gasteiger partial charge is 0.407 e. The number of rotatable bonds is 8. The Morgan fingerprint density at radius 1 is 1.32 bits per heavy atom. The Morgan fingerprint density at radius 2 is 2.05 bits per heavy atom. The standard InChI is InChI=1S/C15H23NO3/c1-2-3-5-10-14(11-17)16-15(18)19-12-13-8-6-4-7-9-13/h4,6-9,14,17H,2-3,5,10-12H2,1H3,(H,16,18)/t14-/m0/s1. The number of amides is 1. The Morgan fingerprint density at radius 3 is 2.68 bits per heavy atom. The quantitative estimate of drug-likeness (QED) is 0.711. The van der Waals surface area contributed by atoms with Crippen LogP contribution in [0.2, 0.25) is 0 Å². The molecule has 0 heterocycles. The maximum atomic E-state index is 11.6. The van der Waals surface area contributed by atoms with E-state index < -0.39 is 6.09 Å². The van der Waals surface area contributed by atoms with E-state index in [0.29, 0.717) is 0 Å². The fourth-order valence-corrected chi connectivity index (χ4v) is 1.78. The molecule has 4 heteroatoms. The van der Waals surface area contributed by atoms with Crippen LogP contribution in [0.1, 0.15) is 38.2 Å². The molecule has 0 aliphatic carbocycles. The van der Waals surface area contributed by atoms with Crippen molar-refractivity contribution in [3.05, 3.63) is 35.9 Å². The molecule has 0 bridgehead atoms. The normalized spacial score (nSPS) is 11.9. The first-order valence-corrected chi connectivity index (χ1v) is 6.84. The number of ether oxygens (including phenoxy) is 1. The van der Waals surface area contributed by atoms with Gasteiger partial charge in [0.05, 0.1) is 12.6 Å². The van der Waals surface area contributed by atoms with Crippen molar-refractivity contribution >= 4 is 6.09 Å². The van der Waals surface area contributed by atoms with E-state index in [1.165, 1.54) is 0 Å². The summed E-state index contributed by atoms with van der Waals surface area (Å²) in [5.41, 5.74) is 0.948. The van der Waals surface area contributed by atoms with Gasteiger partial charge in [-0.15, -0.1) is 0 Å². The molecule has 1 rings (SSSR count). The second-order valence-electron chi connectivity index (χ2n) is 4.58. The maximum Gasteiger partial charge on any atom is 0.407 e. The fourth-order valence-electron chi connectivity index (χ4n) is 1.78. The van der Waals surface area contributed by atoms with E-state index in [4.69, 9.17) is 4.74 Å². The molecule has 0 saturated carbocycles. The van der Waals surface area contributed by atoms with E-state index in [-0.39, 0.29) is 19.3 Å². The lowest BCUT2D eigenvalue weighted by atomic mass is 10.1. The van der Waals surface area contributed by atoms with Gasteiger partial charge in [0.1, 0.15) is 6.61 Å². The highest BCUT2D eigenvalue weighted by molar-refractivity contribution is 5.67. The van der Waals surface area contributed by atoms with Crippen molar-refractivity contribution in [2.24, 2.45) is 0 Å². The van der Waals surface area contributed by atoms with Crippen LogP contribution in [0.5, 0.6) is 0 Å². The lowest BCUT2D eigenvalue weighted by molar-refractivity contribution is 0.128. The van der Waals surface area contributed by atoms with Crippen LogP contribution in [0.15, 0.2) is 30.3 Å². The van der Waals surface area contributed by atoms with Crippen molar-refractivity contribution in [3.8, 4) is 0 Å².